The molecule has 11 heavy (non-hydrogen) atoms. The molecular formula is C9H11ClZn-. The van der Waals surface area contributed by atoms with Crippen molar-refractivity contribution in [2.24, 2.45) is 0 Å². The molecule has 0 saturated heterocycles. The minimum Gasteiger partial charge on any atom is -1.00 e. The second kappa shape index (κ2) is 5.74. The SMILES string of the molecule is C=C1C=C[C](C)C(C)=C1.[Cl-].[Zn]. The van der Waals surface area contributed by atoms with Crippen LogP contribution in [0, 0.1) is 5.92 Å². The van der Waals surface area contributed by atoms with Crippen LogP contribution in [0.2, 0.25) is 0 Å². The van der Waals surface area contributed by atoms with Crippen molar-refractivity contribution in [3.8, 4) is 0 Å². The largest absolute Gasteiger partial charge is 1.00 e. The normalized spacial score (nSPS) is 16.5. The van der Waals surface area contributed by atoms with Gasteiger partial charge in [-0.3, -0.25) is 0 Å². The van der Waals surface area contributed by atoms with Crippen LogP contribution in [0.5, 0.6) is 0 Å². The third-order valence-corrected chi connectivity index (χ3v) is 1.57. The van der Waals surface area contributed by atoms with Crippen LogP contribution in [0.15, 0.2) is 36.0 Å². The first-order valence-electron chi connectivity index (χ1n) is 3.09. The van der Waals surface area contributed by atoms with Crippen LogP contribution in [0.1, 0.15) is 13.8 Å². The van der Waals surface area contributed by atoms with Crippen LogP contribution >= 0.6 is 0 Å². The van der Waals surface area contributed by atoms with Gasteiger partial charge in [0, 0.05) is 25.4 Å². The van der Waals surface area contributed by atoms with Crippen molar-refractivity contribution in [1.29, 1.82) is 0 Å². The molecule has 1 aliphatic carbocycles. The van der Waals surface area contributed by atoms with Gasteiger partial charge < -0.3 is 12.4 Å². The number of rotatable bonds is 0. The fourth-order valence-corrected chi connectivity index (χ4v) is 0.804. The van der Waals surface area contributed by atoms with E-state index in [1.807, 2.05) is 6.08 Å². The summed E-state index contributed by atoms with van der Waals surface area (Å²) in [4.78, 5) is 0. The average Bonchev–Trinajstić information content (AvgIpc) is 1.80. The van der Waals surface area contributed by atoms with Gasteiger partial charge in [-0.05, 0) is 12.5 Å². The molecule has 0 fully saturated rings. The molecule has 0 aliphatic heterocycles. The summed E-state index contributed by atoms with van der Waals surface area (Å²) in [6.45, 7) is 8.03. The Morgan fingerprint density at radius 2 is 1.73 bits per heavy atom. The van der Waals surface area contributed by atoms with Crippen molar-refractivity contribution in [2.45, 2.75) is 13.8 Å². The van der Waals surface area contributed by atoms with E-state index in [1.165, 1.54) is 11.5 Å². The third kappa shape index (κ3) is 3.89. The minimum absolute atomic E-state index is 0. The van der Waals surface area contributed by atoms with Gasteiger partial charge in [-0.25, -0.2) is 0 Å². The predicted octanol–water partition coefficient (Wildman–Crippen LogP) is -0.345. The Kier molecular flexibility index (Phi) is 7.15. The van der Waals surface area contributed by atoms with Crippen LogP contribution in [0.3, 0.4) is 0 Å². The van der Waals surface area contributed by atoms with Crippen molar-refractivity contribution in [2.75, 3.05) is 0 Å². The molecule has 0 heterocycles. The second-order valence-electron chi connectivity index (χ2n) is 2.42. The Hall–Kier alpha value is 0.133. The summed E-state index contributed by atoms with van der Waals surface area (Å²) in [6, 6.07) is 0. The molecule has 0 unspecified atom stereocenters. The smallest absolute Gasteiger partial charge is 0.0192 e. The number of hydrogen-bond acceptors (Lipinski definition) is 0. The van der Waals surface area contributed by atoms with Crippen LogP contribution < -0.4 is 12.4 Å². The molecule has 1 radical (unpaired) electrons. The number of allylic oxidation sites excluding steroid dienone is 5. The topological polar surface area (TPSA) is 0 Å². The van der Waals surface area contributed by atoms with Crippen molar-refractivity contribution in [3.63, 3.8) is 0 Å². The van der Waals surface area contributed by atoms with Gasteiger partial charge in [-0.15, -0.1) is 0 Å². The van der Waals surface area contributed by atoms with E-state index in [4.69, 9.17) is 0 Å². The van der Waals surface area contributed by atoms with Gasteiger partial charge in [-0.1, -0.05) is 37.3 Å². The van der Waals surface area contributed by atoms with Gasteiger partial charge in [0.25, 0.3) is 0 Å². The van der Waals surface area contributed by atoms with Crippen molar-refractivity contribution < 1.29 is 31.9 Å². The van der Waals surface area contributed by atoms with Gasteiger partial charge in [0.05, 0.1) is 0 Å². The van der Waals surface area contributed by atoms with E-state index >= 15 is 0 Å². The van der Waals surface area contributed by atoms with E-state index in [0.29, 0.717) is 0 Å². The second-order valence-corrected chi connectivity index (χ2v) is 2.42. The van der Waals surface area contributed by atoms with E-state index in [9.17, 15) is 0 Å². The van der Waals surface area contributed by atoms with Crippen molar-refractivity contribution in [3.05, 3.63) is 41.9 Å². The molecule has 0 atom stereocenters. The maximum Gasteiger partial charge on any atom is 0.0192 e. The Bertz CT molecular complexity index is 192. The van der Waals surface area contributed by atoms with Crippen molar-refractivity contribution >= 4 is 0 Å². The summed E-state index contributed by atoms with van der Waals surface area (Å²) in [5, 5.41) is 0. The van der Waals surface area contributed by atoms with Gasteiger partial charge in [0.2, 0.25) is 0 Å². The molecule has 0 bridgehead atoms. The first kappa shape index (κ1) is 13.7. The van der Waals surface area contributed by atoms with Gasteiger partial charge >= 0.3 is 0 Å². The number of halogens is 1. The molecular weight excluding hydrogens is 209 g/mol. The molecule has 57 valence electrons. The fourth-order valence-electron chi connectivity index (χ4n) is 0.804. The van der Waals surface area contributed by atoms with Gasteiger partial charge in [0.1, 0.15) is 0 Å². The molecule has 0 spiro atoms. The maximum atomic E-state index is 3.82. The van der Waals surface area contributed by atoms with Crippen LogP contribution in [0.4, 0.5) is 0 Å². The first-order valence-corrected chi connectivity index (χ1v) is 3.09. The quantitative estimate of drug-likeness (QED) is 0.490. The predicted molar refractivity (Wildman–Crippen MR) is 41.0 cm³/mol. The van der Waals surface area contributed by atoms with E-state index in [-0.39, 0.29) is 31.9 Å². The summed E-state index contributed by atoms with van der Waals surface area (Å²) in [7, 11) is 0. The molecule has 0 amide bonds. The first-order chi connectivity index (χ1) is 4.20. The Labute approximate surface area is 87.6 Å². The number of hydrogen-bond donors (Lipinski definition) is 0. The standard InChI is InChI=1S/C9H11.ClH.Zn/c1-7-4-5-8(2)9(3)6-7;;/h4-6H,1H2,2-3H3;1H;/p-1. The average molecular weight is 220 g/mol. The van der Waals surface area contributed by atoms with Crippen LogP contribution in [0.25, 0.3) is 0 Å². The zero-order valence-electron chi connectivity index (χ0n) is 7.02. The van der Waals surface area contributed by atoms with E-state index in [0.717, 1.165) is 5.57 Å². The van der Waals surface area contributed by atoms with Gasteiger partial charge in [0.15, 0.2) is 0 Å². The zero-order valence-corrected chi connectivity index (χ0v) is 10.7. The van der Waals surface area contributed by atoms with E-state index in [1.54, 1.807) is 0 Å². The molecule has 0 aromatic heterocycles. The Morgan fingerprint density at radius 1 is 1.18 bits per heavy atom. The molecule has 2 heteroatoms. The summed E-state index contributed by atoms with van der Waals surface area (Å²) >= 11 is 0. The summed E-state index contributed by atoms with van der Waals surface area (Å²) in [5.41, 5.74) is 2.42. The molecule has 0 aromatic carbocycles. The maximum absolute atomic E-state index is 3.82. The summed E-state index contributed by atoms with van der Waals surface area (Å²) in [5.74, 6) is 1.34. The molecule has 0 aromatic rings. The molecule has 0 nitrogen and oxygen atoms in total. The van der Waals surface area contributed by atoms with Gasteiger partial charge in [-0.2, -0.15) is 0 Å². The molecule has 0 N–H and O–H groups in total. The van der Waals surface area contributed by atoms with E-state index < -0.39 is 0 Å². The monoisotopic (exact) mass is 218 g/mol. The minimum atomic E-state index is 0. The molecule has 1 rings (SSSR count). The van der Waals surface area contributed by atoms with Crippen LogP contribution in [-0.4, -0.2) is 0 Å². The molecule has 0 saturated carbocycles. The van der Waals surface area contributed by atoms with E-state index in [2.05, 4.69) is 32.6 Å². The van der Waals surface area contributed by atoms with Crippen molar-refractivity contribution in [1.82, 2.24) is 0 Å². The molecule has 1 aliphatic rings. The third-order valence-electron chi connectivity index (χ3n) is 1.57. The summed E-state index contributed by atoms with van der Waals surface area (Å²) < 4.78 is 0. The zero-order chi connectivity index (χ0) is 6.85. The van der Waals surface area contributed by atoms with Crippen LogP contribution in [-0.2, 0) is 19.5 Å². The Balaban J connectivity index is 0. The fraction of sp³-hybridized carbons (Fsp3) is 0.222. The summed E-state index contributed by atoms with van der Waals surface area (Å²) in [6.07, 6.45) is 6.22. The Morgan fingerprint density at radius 3 is 2.09 bits per heavy atom.